The number of nitrogens with two attached hydrogens (primary N) is 2. The molecule has 26 heavy (non-hydrogen) atoms. The largest absolute Gasteiger partial charge is 0.480 e. The maximum absolute atomic E-state index is 12.0. The van der Waals surface area contributed by atoms with Crippen LogP contribution in [0, 0.1) is 0 Å². The molecule has 0 aromatic carbocycles. The van der Waals surface area contributed by atoms with Crippen molar-refractivity contribution >= 4 is 42.2 Å². The lowest BCUT2D eigenvalue weighted by Crippen LogP contribution is -2.55. The molecule has 0 aromatic heterocycles. The Kier molecular flexibility index (Phi) is 10.3. The number of hydrogen-bond donors (Lipinski definition) is 7. The third-order valence-electron chi connectivity index (χ3n) is 3.34. The van der Waals surface area contributed by atoms with E-state index >= 15 is 0 Å². The lowest BCUT2D eigenvalue weighted by molar-refractivity contribution is -0.141. The molecule has 0 heterocycles. The van der Waals surface area contributed by atoms with Gasteiger partial charge < -0.3 is 32.5 Å². The summed E-state index contributed by atoms with van der Waals surface area (Å²) in [6, 6.07) is -4.24. The van der Waals surface area contributed by atoms with E-state index in [4.69, 9.17) is 16.6 Å². The maximum atomic E-state index is 12.0. The fraction of sp³-hybridized carbons (Fsp3) is 0.643. The minimum absolute atomic E-state index is 0.0363. The van der Waals surface area contributed by atoms with Crippen molar-refractivity contribution in [2.24, 2.45) is 11.5 Å². The Labute approximate surface area is 156 Å². The highest BCUT2D eigenvalue weighted by Gasteiger charge is 2.25. The first-order valence-electron chi connectivity index (χ1n) is 7.78. The predicted octanol–water partition coefficient (Wildman–Crippen LogP) is -2.91. The van der Waals surface area contributed by atoms with Gasteiger partial charge in [-0.1, -0.05) is 0 Å². The van der Waals surface area contributed by atoms with Crippen molar-refractivity contribution in [3.05, 3.63) is 0 Å². The van der Waals surface area contributed by atoms with Gasteiger partial charge in [0.2, 0.25) is 23.6 Å². The molecule has 4 amide bonds. The fourth-order valence-corrected chi connectivity index (χ4v) is 1.95. The smallest absolute Gasteiger partial charge is 0.327 e. The van der Waals surface area contributed by atoms with Gasteiger partial charge >= 0.3 is 5.97 Å². The Bertz CT molecular complexity index is 558. The average Bonchev–Trinajstić information content (AvgIpc) is 2.56. The van der Waals surface area contributed by atoms with Gasteiger partial charge in [0.25, 0.3) is 0 Å². The zero-order valence-electron chi connectivity index (χ0n) is 14.5. The van der Waals surface area contributed by atoms with E-state index in [1.54, 1.807) is 0 Å². The lowest BCUT2D eigenvalue weighted by atomic mass is 10.1. The average molecular weight is 391 g/mol. The molecule has 0 aliphatic heterocycles. The molecule has 4 atom stereocenters. The second-order valence-corrected chi connectivity index (χ2v) is 6.02. The van der Waals surface area contributed by atoms with E-state index in [1.165, 1.54) is 13.8 Å². The number of aliphatic carboxylic acids is 1. The monoisotopic (exact) mass is 391 g/mol. The van der Waals surface area contributed by atoms with Crippen molar-refractivity contribution in [2.45, 2.75) is 50.9 Å². The molecule has 0 spiro atoms. The molecule has 0 saturated heterocycles. The Hall–Kier alpha value is -2.34. The number of thiol groups is 1. The molecule has 0 aliphatic carbocycles. The topological polar surface area (TPSA) is 194 Å². The SMILES string of the molecule is CC(NC(=O)C(N)CCC(N)=O)C(=O)NC(C)C(=O)NC(CS)C(=O)O. The van der Waals surface area contributed by atoms with Crippen LogP contribution in [-0.4, -0.2) is 64.6 Å². The van der Waals surface area contributed by atoms with Crippen LogP contribution in [0.15, 0.2) is 0 Å². The Morgan fingerprint density at radius 3 is 1.85 bits per heavy atom. The maximum Gasteiger partial charge on any atom is 0.327 e. The molecular formula is C14H25N5O6S. The third kappa shape index (κ3) is 8.67. The van der Waals surface area contributed by atoms with Crippen LogP contribution in [0.25, 0.3) is 0 Å². The number of hydrogen-bond acceptors (Lipinski definition) is 7. The Morgan fingerprint density at radius 2 is 1.42 bits per heavy atom. The normalized spacial score (nSPS) is 15.1. The summed E-state index contributed by atoms with van der Waals surface area (Å²) in [7, 11) is 0. The summed E-state index contributed by atoms with van der Waals surface area (Å²) in [5, 5.41) is 15.8. The second kappa shape index (κ2) is 11.3. The van der Waals surface area contributed by atoms with E-state index in [2.05, 4.69) is 28.6 Å². The van der Waals surface area contributed by atoms with E-state index in [9.17, 15) is 24.0 Å². The molecule has 148 valence electrons. The van der Waals surface area contributed by atoms with Gasteiger partial charge in [-0.3, -0.25) is 19.2 Å². The van der Waals surface area contributed by atoms with Crippen LogP contribution in [-0.2, 0) is 24.0 Å². The van der Waals surface area contributed by atoms with Gasteiger partial charge in [-0.15, -0.1) is 0 Å². The second-order valence-electron chi connectivity index (χ2n) is 5.65. The summed E-state index contributed by atoms with van der Waals surface area (Å²) in [4.78, 5) is 57.3. The number of carbonyl (C=O) groups excluding carboxylic acids is 4. The van der Waals surface area contributed by atoms with E-state index in [1.807, 2.05) is 0 Å². The number of primary amides is 1. The zero-order valence-corrected chi connectivity index (χ0v) is 15.4. The minimum atomic E-state index is -1.25. The predicted molar refractivity (Wildman–Crippen MR) is 95.0 cm³/mol. The molecule has 11 nitrogen and oxygen atoms in total. The fourth-order valence-electron chi connectivity index (χ4n) is 1.70. The van der Waals surface area contributed by atoms with Crippen molar-refractivity contribution < 1.29 is 29.1 Å². The van der Waals surface area contributed by atoms with Crippen molar-refractivity contribution in [2.75, 3.05) is 5.75 Å². The first-order chi connectivity index (χ1) is 12.0. The summed E-state index contributed by atoms with van der Waals surface area (Å²) < 4.78 is 0. The molecule has 8 N–H and O–H groups in total. The van der Waals surface area contributed by atoms with Crippen LogP contribution in [0.1, 0.15) is 26.7 Å². The molecule has 0 aromatic rings. The molecule has 0 bridgehead atoms. The number of carboxylic acids is 1. The summed E-state index contributed by atoms with van der Waals surface area (Å²) in [6.07, 6.45) is -0.0309. The quantitative estimate of drug-likeness (QED) is 0.183. The van der Waals surface area contributed by atoms with E-state index in [0.29, 0.717) is 0 Å². The molecule has 0 fully saturated rings. The lowest BCUT2D eigenvalue weighted by Gasteiger charge is -2.21. The molecule has 0 saturated carbocycles. The van der Waals surface area contributed by atoms with Crippen LogP contribution in [0.5, 0.6) is 0 Å². The number of carbonyl (C=O) groups is 5. The summed E-state index contributed by atoms with van der Waals surface area (Å²) in [6.45, 7) is 2.74. The van der Waals surface area contributed by atoms with Crippen LogP contribution < -0.4 is 27.4 Å². The molecule has 0 radical (unpaired) electrons. The molecule has 12 heteroatoms. The van der Waals surface area contributed by atoms with Crippen LogP contribution in [0.2, 0.25) is 0 Å². The van der Waals surface area contributed by atoms with Crippen LogP contribution in [0.4, 0.5) is 0 Å². The highest BCUT2D eigenvalue weighted by Crippen LogP contribution is 1.96. The van der Waals surface area contributed by atoms with Gasteiger partial charge in [-0.2, -0.15) is 12.6 Å². The Morgan fingerprint density at radius 1 is 0.962 bits per heavy atom. The molecule has 0 rings (SSSR count). The minimum Gasteiger partial charge on any atom is -0.480 e. The van der Waals surface area contributed by atoms with Crippen molar-refractivity contribution in [3.63, 3.8) is 0 Å². The van der Waals surface area contributed by atoms with Gasteiger partial charge in [-0.05, 0) is 20.3 Å². The van der Waals surface area contributed by atoms with Crippen molar-refractivity contribution in [1.29, 1.82) is 0 Å². The molecular weight excluding hydrogens is 366 g/mol. The first kappa shape index (κ1) is 23.7. The summed E-state index contributed by atoms with van der Waals surface area (Å²) in [5.41, 5.74) is 10.6. The Balaban J connectivity index is 4.51. The van der Waals surface area contributed by atoms with E-state index in [0.717, 1.165) is 0 Å². The third-order valence-corrected chi connectivity index (χ3v) is 3.70. The molecule has 0 aliphatic rings. The van der Waals surface area contributed by atoms with Crippen molar-refractivity contribution in [3.8, 4) is 0 Å². The summed E-state index contributed by atoms with van der Waals surface area (Å²) in [5.74, 6) is -3.99. The van der Waals surface area contributed by atoms with Crippen LogP contribution >= 0.6 is 12.6 Å². The number of nitrogens with one attached hydrogen (secondary N) is 3. The highest BCUT2D eigenvalue weighted by atomic mass is 32.1. The van der Waals surface area contributed by atoms with Gasteiger partial charge in [0.05, 0.1) is 6.04 Å². The zero-order chi connectivity index (χ0) is 20.4. The van der Waals surface area contributed by atoms with E-state index in [-0.39, 0.29) is 18.6 Å². The first-order valence-corrected chi connectivity index (χ1v) is 8.41. The van der Waals surface area contributed by atoms with Crippen LogP contribution in [0.3, 0.4) is 0 Å². The number of carboxylic acid groups (broad SMARTS) is 1. The van der Waals surface area contributed by atoms with Gasteiger partial charge in [0.1, 0.15) is 18.1 Å². The van der Waals surface area contributed by atoms with Gasteiger partial charge in [0, 0.05) is 12.2 Å². The number of rotatable bonds is 11. The number of amides is 4. The van der Waals surface area contributed by atoms with Gasteiger partial charge in [0.15, 0.2) is 0 Å². The van der Waals surface area contributed by atoms with Gasteiger partial charge in [-0.25, -0.2) is 4.79 Å². The highest BCUT2D eigenvalue weighted by molar-refractivity contribution is 7.80. The van der Waals surface area contributed by atoms with E-state index < -0.39 is 53.8 Å². The molecule has 4 unspecified atom stereocenters. The van der Waals surface area contributed by atoms with Crippen molar-refractivity contribution in [1.82, 2.24) is 16.0 Å². The summed E-state index contributed by atoms with van der Waals surface area (Å²) >= 11 is 3.82. The standard InChI is InChI=1S/C14H25N5O6S/c1-6(18-13(23)8(15)3-4-10(16)20)11(21)17-7(2)12(22)19-9(5-26)14(24)25/h6-9,26H,3-5,15H2,1-2H3,(H2,16,20)(H,17,21)(H,18,23)(H,19,22)(H,24,25).